The molecule has 0 aliphatic heterocycles. The van der Waals surface area contributed by atoms with E-state index in [4.69, 9.17) is 10.00 Å². The van der Waals surface area contributed by atoms with Crippen molar-refractivity contribution in [1.82, 2.24) is 9.78 Å². The first-order valence-corrected chi connectivity index (χ1v) is 6.45. The molecule has 0 aliphatic rings. The molecule has 108 valence electrons. The summed E-state index contributed by atoms with van der Waals surface area (Å²) in [4.78, 5) is 12.4. The highest BCUT2D eigenvalue weighted by molar-refractivity contribution is 6.06. The van der Waals surface area contributed by atoms with Gasteiger partial charge in [-0.05, 0) is 26.0 Å². The van der Waals surface area contributed by atoms with Crippen LogP contribution in [0.1, 0.15) is 21.7 Å². The number of nitrogens with zero attached hydrogens (tertiary/aromatic N) is 3. The molecule has 0 atom stereocenters. The minimum absolute atomic E-state index is 0.0716. The summed E-state index contributed by atoms with van der Waals surface area (Å²) in [7, 11) is 1.79. The summed E-state index contributed by atoms with van der Waals surface area (Å²) < 4.78 is 6.96. The van der Waals surface area contributed by atoms with E-state index in [9.17, 15) is 4.79 Å². The lowest BCUT2D eigenvalue weighted by Crippen LogP contribution is -2.15. The van der Waals surface area contributed by atoms with Crippen molar-refractivity contribution in [3.05, 3.63) is 41.2 Å². The number of aryl methyl sites for hydroxylation is 2. The number of carbonyl (C=O) groups is 1. The third kappa shape index (κ3) is 3.03. The quantitative estimate of drug-likeness (QED) is 0.933. The first-order chi connectivity index (χ1) is 10.0. The van der Waals surface area contributed by atoms with E-state index in [2.05, 4.69) is 10.4 Å². The molecule has 1 aromatic carbocycles. The van der Waals surface area contributed by atoms with Gasteiger partial charge >= 0.3 is 0 Å². The SMILES string of the molecule is Cc1nn(C)c(C)c1C(=O)Nc1ccccc1OCC#N. The third-order valence-corrected chi connectivity index (χ3v) is 3.16. The number of rotatable bonds is 4. The zero-order chi connectivity index (χ0) is 15.4. The maximum Gasteiger partial charge on any atom is 0.259 e. The van der Waals surface area contributed by atoms with E-state index in [0.29, 0.717) is 22.7 Å². The highest BCUT2D eigenvalue weighted by atomic mass is 16.5. The summed E-state index contributed by atoms with van der Waals surface area (Å²) in [5.74, 6) is 0.220. The number of nitrogens with one attached hydrogen (secondary N) is 1. The molecule has 6 heteroatoms. The van der Waals surface area contributed by atoms with Crippen LogP contribution in [0.2, 0.25) is 0 Å². The third-order valence-electron chi connectivity index (χ3n) is 3.16. The number of carbonyl (C=O) groups excluding carboxylic acids is 1. The molecule has 0 fully saturated rings. The summed E-state index contributed by atoms with van der Waals surface area (Å²) >= 11 is 0. The van der Waals surface area contributed by atoms with Gasteiger partial charge in [0.05, 0.1) is 16.9 Å². The first-order valence-electron chi connectivity index (χ1n) is 6.45. The monoisotopic (exact) mass is 284 g/mol. The van der Waals surface area contributed by atoms with Gasteiger partial charge < -0.3 is 10.1 Å². The molecule has 0 spiro atoms. The number of amides is 1. The zero-order valence-corrected chi connectivity index (χ0v) is 12.2. The summed E-state index contributed by atoms with van der Waals surface area (Å²) in [5.41, 5.74) is 2.54. The standard InChI is InChI=1S/C15H16N4O2/c1-10-14(11(2)19(3)18-10)15(20)17-12-6-4-5-7-13(12)21-9-8-16/h4-7H,9H2,1-3H3,(H,17,20). The normalized spacial score (nSPS) is 10.0. The summed E-state index contributed by atoms with van der Waals surface area (Å²) in [6, 6.07) is 8.90. The minimum Gasteiger partial charge on any atom is -0.477 e. The predicted octanol–water partition coefficient (Wildman–Crippen LogP) is 2.19. The Balaban J connectivity index is 2.26. The Labute approximate surface area is 123 Å². The van der Waals surface area contributed by atoms with Crippen LogP contribution in [0.15, 0.2) is 24.3 Å². The molecule has 0 unspecified atom stereocenters. The van der Waals surface area contributed by atoms with E-state index in [-0.39, 0.29) is 12.5 Å². The largest absolute Gasteiger partial charge is 0.477 e. The maximum absolute atomic E-state index is 12.4. The number of benzene rings is 1. The number of anilines is 1. The van der Waals surface area contributed by atoms with Crippen LogP contribution < -0.4 is 10.1 Å². The fraction of sp³-hybridized carbons (Fsp3) is 0.267. The molecule has 1 amide bonds. The molecule has 0 saturated carbocycles. The van der Waals surface area contributed by atoms with Gasteiger partial charge in [0, 0.05) is 12.7 Å². The van der Waals surface area contributed by atoms with Crippen LogP contribution in [0.5, 0.6) is 5.75 Å². The van der Waals surface area contributed by atoms with Crippen LogP contribution in [0, 0.1) is 25.2 Å². The van der Waals surface area contributed by atoms with Crippen LogP contribution in [0.4, 0.5) is 5.69 Å². The van der Waals surface area contributed by atoms with Gasteiger partial charge in [-0.25, -0.2) is 0 Å². The summed E-state index contributed by atoms with van der Waals surface area (Å²) in [5, 5.41) is 15.6. The molecular formula is C15H16N4O2. The Morgan fingerprint density at radius 1 is 1.43 bits per heavy atom. The van der Waals surface area contributed by atoms with Gasteiger partial charge in [-0.1, -0.05) is 12.1 Å². The average Bonchev–Trinajstić information content (AvgIpc) is 2.71. The minimum atomic E-state index is -0.244. The van der Waals surface area contributed by atoms with Crippen molar-refractivity contribution >= 4 is 11.6 Å². The zero-order valence-electron chi connectivity index (χ0n) is 12.2. The van der Waals surface area contributed by atoms with E-state index < -0.39 is 0 Å². The Kier molecular flexibility index (Phi) is 4.24. The number of nitriles is 1. The van der Waals surface area contributed by atoms with E-state index in [1.165, 1.54) is 0 Å². The molecule has 1 N–H and O–H groups in total. The van der Waals surface area contributed by atoms with Crippen LogP contribution in [0.25, 0.3) is 0 Å². The number of aromatic nitrogens is 2. The van der Waals surface area contributed by atoms with Crippen LogP contribution in [-0.4, -0.2) is 22.3 Å². The van der Waals surface area contributed by atoms with E-state index in [0.717, 1.165) is 5.69 Å². The molecule has 21 heavy (non-hydrogen) atoms. The average molecular weight is 284 g/mol. The highest BCUT2D eigenvalue weighted by Crippen LogP contribution is 2.25. The number of ether oxygens (including phenoxy) is 1. The number of para-hydroxylation sites is 2. The Bertz CT molecular complexity index is 713. The summed E-state index contributed by atoms with van der Waals surface area (Å²) in [6.45, 7) is 3.56. The topological polar surface area (TPSA) is 79.9 Å². The molecule has 0 aliphatic carbocycles. The summed E-state index contributed by atoms with van der Waals surface area (Å²) in [6.07, 6.45) is 0. The van der Waals surface area contributed by atoms with E-state index in [1.807, 2.05) is 13.0 Å². The lowest BCUT2D eigenvalue weighted by Gasteiger charge is -2.10. The van der Waals surface area contributed by atoms with Crippen molar-refractivity contribution in [3.63, 3.8) is 0 Å². The van der Waals surface area contributed by atoms with E-state index in [1.54, 1.807) is 42.9 Å². The molecule has 1 heterocycles. The van der Waals surface area contributed by atoms with Crippen molar-refractivity contribution in [2.24, 2.45) is 7.05 Å². The van der Waals surface area contributed by atoms with Gasteiger partial charge in [-0.15, -0.1) is 0 Å². The first kappa shape index (κ1) is 14.6. The maximum atomic E-state index is 12.4. The predicted molar refractivity (Wildman–Crippen MR) is 78.2 cm³/mol. The molecule has 2 rings (SSSR count). The van der Waals surface area contributed by atoms with E-state index >= 15 is 0 Å². The van der Waals surface area contributed by atoms with Crippen LogP contribution >= 0.6 is 0 Å². The van der Waals surface area contributed by atoms with Crippen molar-refractivity contribution < 1.29 is 9.53 Å². The smallest absolute Gasteiger partial charge is 0.259 e. The molecule has 6 nitrogen and oxygen atoms in total. The molecular weight excluding hydrogens is 268 g/mol. The fourth-order valence-corrected chi connectivity index (χ4v) is 2.09. The lowest BCUT2D eigenvalue weighted by molar-refractivity contribution is 0.102. The Morgan fingerprint density at radius 3 is 2.76 bits per heavy atom. The molecule has 2 aromatic rings. The van der Waals surface area contributed by atoms with Crippen molar-refractivity contribution in [2.45, 2.75) is 13.8 Å². The number of hydrogen-bond donors (Lipinski definition) is 1. The van der Waals surface area contributed by atoms with Gasteiger partial charge in [-0.3, -0.25) is 9.48 Å². The van der Waals surface area contributed by atoms with Crippen molar-refractivity contribution in [1.29, 1.82) is 5.26 Å². The lowest BCUT2D eigenvalue weighted by atomic mass is 10.1. The fourth-order valence-electron chi connectivity index (χ4n) is 2.09. The molecule has 0 radical (unpaired) electrons. The van der Waals surface area contributed by atoms with Crippen molar-refractivity contribution in [2.75, 3.05) is 11.9 Å². The Morgan fingerprint density at radius 2 is 2.14 bits per heavy atom. The molecule has 1 aromatic heterocycles. The molecule has 0 saturated heterocycles. The van der Waals surface area contributed by atoms with Crippen molar-refractivity contribution in [3.8, 4) is 11.8 Å². The number of hydrogen-bond acceptors (Lipinski definition) is 4. The second-order valence-corrected chi connectivity index (χ2v) is 4.57. The van der Waals surface area contributed by atoms with Gasteiger partial charge in [-0.2, -0.15) is 10.4 Å². The van der Waals surface area contributed by atoms with Gasteiger partial charge in [0.25, 0.3) is 5.91 Å². The van der Waals surface area contributed by atoms with Gasteiger partial charge in [0.2, 0.25) is 0 Å². The van der Waals surface area contributed by atoms with Crippen LogP contribution in [0.3, 0.4) is 0 Å². The second kappa shape index (κ2) is 6.09. The Hall–Kier alpha value is -2.81. The van der Waals surface area contributed by atoms with Gasteiger partial charge in [0.1, 0.15) is 11.8 Å². The van der Waals surface area contributed by atoms with Crippen LogP contribution in [-0.2, 0) is 7.05 Å². The van der Waals surface area contributed by atoms with Gasteiger partial charge in [0.15, 0.2) is 6.61 Å². The second-order valence-electron chi connectivity index (χ2n) is 4.57. The highest BCUT2D eigenvalue weighted by Gasteiger charge is 2.18. The molecule has 0 bridgehead atoms.